The number of nitrogens with zero attached hydrogens (tertiary/aromatic N) is 1. The van der Waals surface area contributed by atoms with Crippen molar-refractivity contribution in [3.8, 4) is 16.9 Å². The maximum absolute atomic E-state index is 11.0. The van der Waals surface area contributed by atoms with Crippen LogP contribution in [0.4, 0.5) is 5.82 Å². The third kappa shape index (κ3) is 4.06. The van der Waals surface area contributed by atoms with Gasteiger partial charge in [-0.05, 0) is 55.2 Å². The van der Waals surface area contributed by atoms with Crippen LogP contribution < -0.4 is 10.5 Å². The van der Waals surface area contributed by atoms with E-state index >= 15 is 0 Å². The number of nitrogens with two attached hydrogens (primary N) is 1. The van der Waals surface area contributed by atoms with Gasteiger partial charge in [-0.25, -0.2) is 9.78 Å². The molecule has 0 saturated heterocycles. The maximum Gasteiger partial charge on any atom is 0.335 e. The Morgan fingerprint density at radius 3 is 2.65 bits per heavy atom. The van der Waals surface area contributed by atoms with E-state index in [1.54, 1.807) is 36.5 Å². The summed E-state index contributed by atoms with van der Waals surface area (Å²) in [6.45, 7) is 2.41. The lowest BCUT2D eigenvalue weighted by atomic mass is 10.00. The molecule has 1 aliphatic carbocycles. The maximum atomic E-state index is 11.0. The van der Waals surface area contributed by atoms with Crippen molar-refractivity contribution >= 4 is 23.4 Å². The number of nitrogen functional groups attached to an aromatic ring is 1. The smallest absolute Gasteiger partial charge is 0.335 e. The fraction of sp³-hybridized carbons (Fsp3) is 0.200. The van der Waals surface area contributed by atoms with E-state index in [1.165, 1.54) is 5.57 Å². The lowest BCUT2D eigenvalue weighted by Crippen LogP contribution is -2.07. The predicted molar refractivity (Wildman–Crippen MR) is 102 cm³/mol. The normalized spacial score (nSPS) is 14.2. The molecule has 0 amide bonds. The summed E-state index contributed by atoms with van der Waals surface area (Å²) >= 11 is 6.28. The number of benzene rings is 1. The van der Waals surface area contributed by atoms with Gasteiger partial charge in [-0.3, -0.25) is 0 Å². The summed E-state index contributed by atoms with van der Waals surface area (Å²) in [5.41, 5.74) is 10.1. The van der Waals surface area contributed by atoms with Crippen LogP contribution in [0.25, 0.3) is 11.1 Å². The molecule has 2 aromatic rings. The highest BCUT2D eigenvalue weighted by atomic mass is 35.5. The van der Waals surface area contributed by atoms with Crippen LogP contribution in [0, 0.1) is 0 Å². The van der Waals surface area contributed by atoms with Gasteiger partial charge >= 0.3 is 5.97 Å². The molecule has 3 N–H and O–H groups in total. The van der Waals surface area contributed by atoms with E-state index in [9.17, 15) is 4.79 Å². The number of allylic oxidation sites excluding steroid dienone is 3. The van der Waals surface area contributed by atoms with Crippen molar-refractivity contribution in [2.24, 2.45) is 0 Å². The third-order valence-electron chi connectivity index (χ3n) is 4.28. The summed E-state index contributed by atoms with van der Waals surface area (Å²) < 4.78 is 5.85. The number of anilines is 1. The van der Waals surface area contributed by atoms with Crippen LogP contribution in [0.5, 0.6) is 5.75 Å². The number of hydrogen-bond acceptors (Lipinski definition) is 4. The van der Waals surface area contributed by atoms with Crippen molar-refractivity contribution in [3.05, 3.63) is 64.3 Å². The average molecular weight is 371 g/mol. The predicted octanol–water partition coefficient (Wildman–Crippen LogP) is 4.64. The van der Waals surface area contributed by atoms with E-state index in [0.717, 1.165) is 34.6 Å². The van der Waals surface area contributed by atoms with Gasteiger partial charge in [0.05, 0.1) is 5.56 Å². The SMILES string of the molecule is CC1=CC(Cl)=C(COc2cc(-c3ccc(C(=O)O)cc3)cnc2N)CC1. The lowest BCUT2D eigenvalue weighted by Gasteiger charge is -2.16. The number of carboxylic acid groups (broad SMARTS) is 1. The third-order valence-corrected chi connectivity index (χ3v) is 4.66. The number of rotatable bonds is 5. The van der Waals surface area contributed by atoms with Crippen LogP contribution in [-0.4, -0.2) is 22.7 Å². The van der Waals surface area contributed by atoms with Gasteiger partial charge in [-0.15, -0.1) is 0 Å². The molecular formula is C20H19ClN2O3. The Kier molecular flexibility index (Phi) is 5.28. The quantitative estimate of drug-likeness (QED) is 0.800. The van der Waals surface area contributed by atoms with Gasteiger partial charge in [0.2, 0.25) is 0 Å². The van der Waals surface area contributed by atoms with E-state index in [4.69, 9.17) is 27.2 Å². The monoisotopic (exact) mass is 370 g/mol. The number of ether oxygens (including phenoxy) is 1. The van der Waals surface area contributed by atoms with Crippen molar-refractivity contribution in [1.29, 1.82) is 0 Å². The molecule has 1 aromatic heterocycles. The first-order valence-corrected chi connectivity index (χ1v) is 8.58. The average Bonchev–Trinajstić information content (AvgIpc) is 2.62. The van der Waals surface area contributed by atoms with Gasteiger partial charge < -0.3 is 15.6 Å². The van der Waals surface area contributed by atoms with Crippen molar-refractivity contribution in [2.75, 3.05) is 12.3 Å². The van der Waals surface area contributed by atoms with E-state index in [0.29, 0.717) is 18.2 Å². The van der Waals surface area contributed by atoms with Gasteiger partial charge in [0.15, 0.2) is 11.6 Å². The molecule has 0 atom stereocenters. The minimum absolute atomic E-state index is 0.232. The summed E-state index contributed by atoms with van der Waals surface area (Å²) in [7, 11) is 0. The first-order valence-electron chi connectivity index (χ1n) is 8.21. The first-order chi connectivity index (χ1) is 12.4. The number of aromatic nitrogens is 1. The number of carboxylic acids is 1. The molecule has 0 radical (unpaired) electrons. The second kappa shape index (κ2) is 7.62. The van der Waals surface area contributed by atoms with Crippen molar-refractivity contribution in [2.45, 2.75) is 19.8 Å². The van der Waals surface area contributed by atoms with E-state index < -0.39 is 5.97 Å². The minimum Gasteiger partial charge on any atom is -0.485 e. The Morgan fingerprint density at radius 1 is 1.27 bits per heavy atom. The summed E-state index contributed by atoms with van der Waals surface area (Å²) in [4.78, 5) is 15.1. The molecule has 6 heteroatoms. The Bertz CT molecular complexity index is 902. The number of pyridine rings is 1. The largest absolute Gasteiger partial charge is 0.485 e. The van der Waals surface area contributed by atoms with Gasteiger partial charge in [-0.1, -0.05) is 29.3 Å². The summed E-state index contributed by atoms with van der Waals surface area (Å²) in [5.74, 6) is -0.180. The molecule has 0 fully saturated rings. The van der Waals surface area contributed by atoms with Crippen molar-refractivity contribution in [3.63, 3.8) is 0 Å². The minimum atomic E-state index is -0.960. The van der Waals surface area contributed by atoms with Gasteiger partial charge in [0, 0.05) is 16.8 Å². The highest BCUT2D eigenvalue weighted by Crippen LogP contribution is 2.30. The fourth-order valence-corrected chi connectivity index (χ4v) is 3.03. The zero-order valence-electron chi connectivity index (χ0n) is 14.3. The second-order valence-corrected chi connectivity index (χ2v) is 6.63. The Morgan fingerprint density at radius 2 is 2.00 bits per heavy atom. The molecule has 0 aliphatic heterocycles. The molecule has 0 bridgehead atoms. The molecule has 1 aliphatic rings. The fourth-order valence-electron chi connectivity index (χ4n) is 2.70. The van der Waals surface area contributed by atoms with Crippen LogP contribution in [0.1, 0.15) is 30.1 Å². The highest BCUT2D eigenvalue weighted by molar-refractivity contribution is 6.31. The molecule has 5 nitrogen and oxygen atoms in total. The van der Waals surface area contributed by atoms with Gasteiger partial charge in [-0.2, -0.15) is 0 Å². The molecule has 0 unspecified atom stereocenters. The molecule has 3 rings (SSSR count). The van der Waals surface area contributed by atoms with Gasteiger partial charge in [0.1, 0.15) is 6.61 Å². The molecule has 0 saturated carbocycles. The van der Waals surface area contributed by atoms with E-state index in [1.807, 2.05) is 6.08 Å². The highest BCUT2D eigenvalue weighted by Gasteiger charge is 2.13. The van der Waals surface area contributed by atoms with Crippen LogP contribution in [0.2, 0.25) is 0 Å². The molecule has 0 spiro atoms. The topological polar surface area (TPSA) is 85.4 Å². The molecule has 1 heterocycles. The number of hydrogen-bond donors (Lipinski definition) is 2. The molecule has 1 aromatic carbocycles. The van der Waals surface area contributed by atoms with E-state index in [-0.39, 0.29) is 5.56 Å². The standard InChI is InChI=1S/C20H19ClN2O3/c1-12-2-3-15(17(21)8-12)11-26-18-9-16(10-23-19(18)22)13-4-6-14(7-5-13)20(24)25/h4-10H,2-3,11H2,1H3,(H2,22,23)(H,24,25). The van der Waals surface area contributed by atoms with Crippen LogP contribution >= 0.6 is 11.6 Å². The zero-order chi connectivity index (χ0) is 18.7. The Hall–Kier alpha value is -2.79. The second-order valence-electron chi connectivity index (χ2n) is 6.22. The van der Waals surface area contributed by atoms with Crippen LogP contribution in [0.3, 0.4) is 0 Å². The van der Waals surface area contributed by atoms with Crippen molar-refractivity contribution < 1.29 is 14.6 Å². The number of halogens is 1. The summed E-state index contributed by atoms with van der Waals surface area (Å²) in [5, 5.41) is 9.71. The molecule has 26 heavy (non-hydrogen) atoms. The Labute approximate surface area is 156 Å². The lowest BCUT2D eigenvalue weighted by molar-refractivity contribution is 0.0697. The summed E-state index contributed by atoms with van der Waals surface area (Å²) in [6.07, 6.45) is 5.44. The van der Waals surface area contributed by atoms with E-state index in [2.05, 4.69) is 11.9 Å². The first kappa shape index (κ1) is 18.0. The molecular weight excluding hydrogens is 352 g/mol. The van der Waals surface area contributed by atoms with Gasteiger partial charge in [0.25, 0.3) is 0 Å². The van der Waals surface area contributed by atoms with Crippen LogP contribution in [0.15, 0.2) is 58.8 Å². The Balaban J connectivity index is 1.80. The van der Waals surface area contributed by atoms with Crippen molar-refractivity contribution in [1.82, 2.24) is 4.98 Å². The number of carbonyl (C=O) groups is 1. The molecule has 134 valence electrons. The zero-order valence-corrected chi connectivity index (χ0v) is 15.1. The van der Waals surface area contributed by atoms with Crippen LogP contribution in [-0.2, 0) is 0 Å². The number of aromatic carboxylic acids is 1. The summed E-state index contributed by atoms with van der Waals surface area (Å²) in [6, 6.07) is 8.37.